The van der Waals surface area contributed by atoms with E-state index >= 15 is 0 Å². The van der Waals surface area contributed by atoms with Gasteiger partial charge in [-0.25, -0.2) is 13.1 Å². The van der Waals surface area contributed by atoms with Crippen LogP contribution in [0.25, 0.3) is 0 Å². The number of amides is 2. The molecule has 0 aliphatic heterocycles. The van der Waals surface area contributed by atoms with Crippen molar-refractivity contribution in [3.05, 3.63) is 16.3 Å². The predicted molar refractivity (Wildman–Crippen MR) is 72.2 cm³/mol. The number of hydrogen-bond donors (Lipinski definition) is 2. The first kappa shape index (κ1) is 15.6. The molecule has 0 spiro atoms. The van der Waals surface area contributed by atoms with Crippen LogP contribution >= 0.6 is 11.3 Å². The Morgan fingerprint density at radius 2 is 1.95 bits per heavy atom. The zero-order valence-electron chi connectivity index (χ0n) is 10.9. The molecular weight excluding hydrogens is 288 g/mol. The molecule has 0 unspecified atom stereocenters. The molecule has 1 heterocycles. The smallest absolute Gasteiger partial charge is 0.265 e. The van der Waals surface area contributed by atoms with Gasteiger partial charge < -0.3 is 5.73 Å². The Balaban J connectivity index is 2.97. The van der Waals surface area contributed by atoms with E-state index in [1.165, 1.54) is 11.4 Å². The van der Waals surface area contributed by atoms with Crippen LogP contribution < -0.4 is 10.5 Å². The van der Waals surface area contributed by atoms with Gasteiger partial charge in [0.05, 0.1) is 0 Å². The summed E-state index contributed by atoms with van der Waals surface area (Å²) in [5.74, 6) is -1.45. The van der Waals surface area contributed by atoms with E-state index in [9.17, 15) is 18.0 Å². The van der Waals surface area contributed by atoms with Gasteiger partial charge in [-0.05, 0) is 16.9 Å². The molecule has 3 N–H and O–H groups in total. The summed E-state index contributed by atoms with van der Waals surface area (Å²) >= 11 is 0.920. The number of hydrogen-bond acceptors (Lipinski definition) is 5. The molecule has 0 fully saturated rings. The summed E-state index contributed by atoms with van der Waals surface area (Å²) in [5, 5.41) is 1.43. The minimum absolute atomic E-state index is 0.0578. The number of rotatable bonds is 4. The van der Waals surface area contributed by atoms with Crippen LogP contribution in [0.4, 0.5) is 0 Å². The molecule has 8 heteroatoms. The SMILES string of the molecule is CC(C)(C)CC(=O)NS(=O)(=O)c1ccsc1C(N)=O. The van der Waals surface area contributed by atoms with Crippen LogP contribution in [-0.4, -0.2) is 20.2 Å². The first-order chi connectivity index (χ1) is 8.53. The first-order valence-corrected chi connectivity index (χ1v) is 7.82. The molecule has 1 rings (SSSR count). The third-order valence-electron chi connectivity index (χ3n) is 2.08. The van der Waals surface area contributed by atoms with Crippen LogP contribution in [0.2, 0.25) is 0 Å². The number of nitrogens with one attached hydrogen (secondary N) is 1. The normalized spacial score (nSPS) is 12.2. The predicted octanol–water partition coefficient (Wildman–Crippen LogP) is 1.09. The molecule has 0 aliphatic carbocycles. The maximum Gasteiger partial charge on any atom is 0.265 e. The minimum atomic E-state index is -4.05. The van der Waals surface area contributed by atoms with Gasteiger partial charge in [0, 0.05) is 6.42 Å². The van der Waals surface area contributed by atoms with Gasteiger partial charge >= 0.3 is 0 Å². The Morgan fingerprint density at radius 3 is 2.42 bits per heavy atom. The molecule has 2 amide bonds. The molecule has 6 nitrogen and oxygen atoms in total. The quantitative estimate of drug-likeness (QED) is 0.868. The van der Waals surface area contributed by atoms with Crippen molar-refractivity contribution in [2.75, 3.05) is 0 Å². The zero-order valence-corrected chi connectivity index (χ0v) is 12.5. The van der Waals surface area contributed by atoms with Crippen LogP contribution in [0.5, 0.6) is 0 Å². The fourth-order valence-electron chi connectivity index (χ4n) is 1.41. The average Bonchev–Trinajstić information content (AvgIpc) is 2.60. The molecular formula is C11H16N2O4S2. The van der Waals surface area contributed by atoms with Crippen molar-refractivity contribution in [2.45, 2.75) is 32.1 Å². The summed E-state index contributed by atoms with van der Waals surface area (Å²) in [6, 6.07) is 1.25. The van der Waals surface area contributed by atoms with Crippen molar-refractivity contribution >= 4 is 33.2 Å². The zero-order chi connectivity index (χ0) is 14.8. The van der Waals surface area contributed by atoms with Gasteiger partial charge in [0.15, 0.2) is 0 Å². The lowest BCUT2D eigenvalue weighted by molar-refractivity contribution is -0.121. The van der Waals surface area contributed by atoms with Gasteiger partial charge in [-0.2, -0.15) is 0 Å². The number of carbonyl (C=O) groups excluding carboxylic acids is 2. The van der Waals surface area contributed by atoms with Crippen LogP contribution in [0.15, 0.2) is 16.3 Å². The summed E-state index contributed by atoms with van der Waals surface area (Å²) in [4.78, 5) is 22.4. The fourth-order valence-corrected chi connectivity index (χ4v) is 3.69. The Bertz CT molecular complexity index is 596. The van der Waals surface area contributed by atoms with Crippen LogP contribution in [0, 0.1) is 5.41 Å². The topological polar surface area (TPSA) is 106 Å². The Kier molecular flexibility index (Phi) is 4.36. The molecule has 0 aliphatic rings. The highest BCUT2D eigenvalue weighted by Gasteiger charge is 2.26. The largest absolute Gasteiger partial charge is 0.365 e. The lowest BCUT2D eigenvalue weighted by atomic mass is 9.92. The van der Waals surface area contributed by atoms with E-state index in [0.29, 0.717) is 0 Å². The van der Waals surface area contributed by atoms with Crippen LogP contribution in [0.3, 0.4) is 0 Å². The molecule has 106 valence electrons. The van der Waals surface area contributed by atoms with Crippen molar-refractivity contribution in [3.8, 4) is 0 Å². The Morgan fingerprint density at radius 1 is 1.37 bits per heavy atom. The highest BCUT2D eigenvalue weighted by molar-refractivity contribution is 7.90. The van der Waals surface area contributed by atoms with Crippen LogP contribution in [-0.2, 0) is 14.8 Å². The molecule has 0 radical (unpaired) electrons. The van der Waals surface area contributed by atoms with Gasteiger partial charge in [0.2, 0.25) is 5.91 Å². The van der Waals surface area contributed by atoms with Crippen molar-refractivity contribution < 1.29 is 18.0 Å². The van der Waals surface area contributed by atoms with Gasteiger partial charge in [-0.15, -0.1) is 11.3 Å². The van der Waals surface area contributed by atoms with E-state index < -0.39 is 21.8 Å². The second-order valence-corrected chi connectivity index (χ2v) is 7.81. The number of nitrogens with two attached hydrogens (primary N) is 1. The summed E-state index contributed by atoms with van der Waals surface area (Å²) in [6.07, 6.45) is 0.0578. The van der Waals surface area contributed by atoms with E-state index in [4.69, 9.17) is 5.73 Å². The van der Waals surface area contributed by atoms with E-state index in [0.717, 1.165) is 11.3 Å². The number of thiophene rings is 1. The summed E-state index contributed by atoms with van der Waals surface area (Å²) < 4.78 is 25.9. The summed E-state index contributed by atoms with van der Waals surface area (Å²) in [5.41, 5.74) is 4.75. The summed E-state index contributed by atoms with van der Waals surface area (Å²) in [7, 11) is -4.05. The van der Waals surface area contributed by atoms with Crippen molar-refractivity contribution in [2.24, 2.45) is 11.1 Å². The van der Waals surface area contributed by atoms with E-state index in [2.05, 4.69) is 0 Å². The molecule has 0 saturated carbocycles. The minimum Gasteiger partial charge on any atom is -0.365 e. The highest BCUT2D eigenvalue weighted by atomic mass is 32.2. The van der Waals surface area contributed by atoms with E-state index in [1.807, 2.05) is 25.5 Å². The summed E-state index contributed by atoms with van der Waals surface area (Å²) in [6.45, 7) is 5.45. The van der Waals surface area contributed by atoms with Gasteiger partial charge in [0.1, 0.15) is 9.77 Å². The van der Waals surface area contributed by atoms with Crippen molar-refractivity contribution in [3.63, 3.8) is 0 Å². The van der Waals surface area contributed by atoms with Gasteiger partial charge in [0.25, 0.3) is 15.9 Å². The Labute approximate surface area is 116 Å². The fraction of sp³-hybridized carbons (Fsp3) is 0.455. The van der Waals surface area contributed by atoms with E-state index in [-0.39, 0.29) is 21.6 Å². The third kappa shape index (κ3) is 4.32. The maximum absolute atomic E-state index is 12.0. The molecule has 0 atom stereocenters. The van der Waals surface area contributed by atoms with Crippen molar-refractivity contribution in [1.29, 1.82) is 0 Å². The molecule has 0 bridgehead atoms. The molecule has 0 saturated heterocycles. The highest BCUT2D eigenvalue weighted by Crippen LogP contribution is 2.22. The lowest BCUT2D eigenvalue weighted by Crippen LogP contribution is -2.33. The Hall–Kier alpha value is -1.41. The second-order valence-electron chi connectivity index (χ2n) is 5.24. The standard InChI is InChI=1S/C11H16N2O4S2/c1-11(2,3)6-8(14)13-19(16,17)7-4-5-18-9(7)10(12)15/h4-5H,6H2,1-3H3,(H2,12,15)(H,13,14). The lowest BCUT2D eigenvalue weighted by Gasteiger charge is -2.17. The molecule has 19 heavy (non-hydrogen) atoms. The third-order valence-corrected chi connectivity index (χ3v) is 4.56. The van der Waals surface area contributed by atoms with Gasteiger partial charge in [-0.1, -0.05) is 20.8 Å². The molecule has 1 aromatic heterocycles. The molecule has 1 aromatic rings. The number of primary amides is 1. The van der Waals surface area contributed by atoms with Gasteiger partial charge in [-0.3, -0.25) is 9.59 Å². The second kappa shape index (κ2) is 5.30. The first-order valence-electron chi connectivity index (χ1n) is 5.46. The number of sulfonamides is 1. The van der Waals surface area contributed by atoms with Crippen LogP contribution in [0.1, 0.15) is 36.9 Å². The maximum atomic E-state index is 12.0. The van der Waals surface area contributed by atoms with Crippen molar-refractivity contribution in [1.82, 2.24) is 4.72 Å². The average molecular weight is 304 g/mol. The van der Waals surface area contributed by atoms with E-state index in [1.54, 1.807) is 0 Å². The monoisotopic (exact) mass is 304 g/mol. The molecule has 0 aromatic carbocycles. The number of carbonyl (C=O) groups is 2.